The van der Waals surface area contributed by atoms with Gasteiger partial charge in [0.15, 0.2) is 0 Å². The Morgan fingerprint density at radius 1 is 1.27 bits per heavy atom. The topological polar surface area (TPSA) is 50.2 Å². The molecule has 2 amide bonds. The third kappa shape index (κ3) is 4.61. The molecule has 1 aliphatic rings. The van der Waals surface area contributed by atoms with Gasteiger partial charge in [-0.25, -0.2) is 4.79 Å². The number of benzene rings is 1. The van der Waals surface area contributed by atoms with Gasteiger partial charge in [-0.3, -0.25) is 4.68 Å². The van der Waals surface area contributed by atoms with E-state index in [1.807, 2.05) is 34.5 Å². The lowest BCUT2D eigenvalue weighted by atomic mass is 10.1. The van der Waals surface area contributed by atoms with Crippen molar-refractivity contribution in [2.75, 3.05) is 13.1 Å². The normalized spacial score (nSPS) is 16.5. The van der Waals surface area contributed by atoms with Crippen LogP contribution in [-0.4, -0.2) is 39.1 Å². The summed E-state index contributed by atoms with van der Waals surface area (Å²) in [7, 11) is 1.91. The Morgan fingerprint density at radius 3 is 2.54 bits per heavy atom. The van der Waals surface area contributed by atoms with Crippen LogP contribution in [0.5, 0.6) is 0 Å². The monoisotopic (exact) mass is 372 g/mol. The maximum absolute atomic E-state index is 12.7. The summed E-state index contributed by atoms with van der Waals surface area (Å²) in [6, 6.07) is 10.7. The minimum Gasteiger partial charge on any atom is -0.330 e. The first-order valence-electron chi connectivity index (χ1n) is 9.33. The number of urea groups is 1. The summed E-state index contributed by atoms with van der Waals surface area (Å²) in [6.45, 7) is 5.83. The van der Waals surface area contributed by atoms with E-state index in [1.165, 1.54) is 10.5 Å². The van der Waals surface area contributed by atoms with Crippen molar-refractivity contribution < 1.29 is 4.79 Å². The standard InChI is InChI=1S/C20H28N4OS/c1-4-18(19-9-12-21-23(19)3)22-20(25)24-13-10-17(11-14-24)26-16-7-5-15(2)6-8-16/h5-9,12,17-18H,4,10-11,13-14H2,1-3H3,(H,22,25)/t18-/m1/s1. The second-order valence-corrected chi connectivity index (χ2v) is 8.28. The molecule has 1 atom stereocenters. The van der Waals surface area contributed by atoms with Crippen molar-refractivity contribution in [2.45, 2.75) is 49.3 Å². The summed E-state index contributed by atoms with van der Waals surface area (Å²) in [5, 5.41) is 7.96. The smallest absolute Gasteiger partial charge is 0.317 e. The number of hydrogen-bond acceptors (Lipinski definition) is 3. The predicted octanol–water partition coefficient (Wildman–Crippen LogP) is 4.15. The Morgan fingerprint density at radius 2 is 1.96 bits per heavy atom. The van der Waals surface area contributed by atoms with E-state index in [1.54, 1.807) is 6.20 Å². The fourth-order valence-corrected chi connectivity index (χ4v) is 4.46. The highest BCUT2D eigenvalue weighted by atomic mass is 32.2. The third-order valence-electron chi connectivity index (χ3n) is 4.97. The number of rotatable bonds is 5. The Labute approximate surface area is 160 Å². The lowest BCUT2D eigenvalue weighted by molar-refractivity contribution is 0.183. The van der Waals surface area contributed by atoms with Gasteiger partial charge in [-0.15, -0.1) is 11.8 Å². The van der Waals surface area contributed by atoms with E-state index in [4.69, 9.17) is 0 Å². The van der Waals surface area contributed by atoms with Gasteiger partial charge in [-0.2, -0.15) is 5.10 Å². The number of carbonyl (C=O) groups excluding carboxylic acids is 1. The summed E-state index contributed by atoms with van der Waals surface area (Å²) in [5.74, 6) is 0. The van der Waals surface area contributed by atoms with Gasteiger partial charge in [0, 0.05) is 36.5 Å². The largest absolute Gasteiger partial charge is 0.330 e. The zero-order valence-electron chi connectivity index (χ0n) is 15.8. The van der Waals surface area contributed by atoms with Crippen molar-refractivity contribution in [1.82, 2.24) is 20.0 Å². The molecule has 0 aliphatic carbocycles. The minimum absolute atomic E-state index is 0.00894. The number of carbonyl (C=O) groups is 1. The molecule has 0 radical (unpaired) electrons. The van der Waals surface area contributed by atoms with Crippen molar-refractivity contribution in [3.05, 3.63) is 47.8 Å². The molecule has 26 heavy (non-hydrogen) atoms. The average molecular weight is 373 g/mol. The van der Waals surface area contributed by atoms with Crippen LogP contribution in [0, 0.1) is 6.92 Å². The molecule has 1 saturated heterocycles. The first-order valence-corrected chi connectivity index (χ1v) is 10.2. The van der Waals surface area contributed by atoms with E-state index in [-0.39, 0.29) is 12.1 Å². The number of thioether (sulfide) groups is 1. The summed E-state index contributed by atoms with van der Waals surface area (Å²) >= 11 is 1.94. The highest BCUT2D eigenvalue weighted by Gasteiger charge is 2.25. The number of piperidine rings is 1. The van der Waals surface area contributed by atoms with Crippen molar-refractivity contribution in [1.29, 1.82) is 0 Å². The zero-order valence-corrected chi connectivity index (χ0v) is 16.6. The van der Waals surface area contributed by atoms with E-state index >= 15 is 0 Å². The third-order valence-corrected chi connectivity index (χ3v) is 6.32. The average Bonchev–Trinajstić information content (AvgIpc) is 3.08. The van der Waals surface area contributed by atoms with Gasteiger partial charge in [0.25, 0.3) is 0 Å². The maximum Gasteiger partial charge on any atom is 0.317 e. The molecule has 0 spiro atoms. The van der Waals surface area contributed by atoms with E-state index in [9.17, 15) is 4.79 Å². The molecule has 0 saturated carbocycles. The van der Waals surface area contributed by atoms with Crippen LogP contribution in [0.3, 0.4) is 0 Å². The second-order valence-electron chi connectivity index (χ2n) is 6.91. The molecular formula is C20H28N4OS. The minimum atomic E-state index is 0.00894. The fraction of sp³-hybridized carbons (Fsp3) is 0.500. The van der Waals surface area contributed by atoms with Gasteiger partial charge < -0.3 is 10.2 Å². The molecule has 6 heteroatoms. The first-order chi connectivity index (χ1) is 12.6. The number of likely N-dealkylation sites (tertiary alicyclic amines) is 1. The van der Waals surface area contributed by atoms with Gasteiger partial charge in [0.05, 0.1) is 11.7 Å². The first kappa shape index (κ1) is 18.8. The highest BCUT2D eigenvalue weighted by Crippen LogP contribution is 2.30. The Balaban J connectivity index is 1.50. The summed E-state index contributed by atoms with van der Waals surface area (Å²) in [5.41, 5.74) is 2.34. The molecule has 2 heterocycles. The van der Waals surface area contributed by atoms with Crippen LogP contribution in [0.25, 0.3) is 0 Å². The lowest BCUT2D eigenvalue weighted by Crippen LogP contribution is -2.46. The second kappa shape index (κ2) is 8.62. The number of amides is 2. The van der Waals surface area contributed by atoms with Crippen LogP contribution in [-0.2, 0) is 7.05 Å². The molecule has 1 aromatic carbocycles. The van der Waals surface area contributed by atoms with Crippen LogP contribution in [0.4, 0.5) is 4.79 Å². The highest BCUT2D eigenvalue weighted by molar-refractivity contribution is 8.00. The number of nitrogens with one attached hydrogen (secondary N) is 1. The van der Waals surface area contributed by atoms with E-state index in [0.29, 0.717) is 5.25 Å². The van der Waals surface area contributed by atoms with Crippen molar-refractivity contribution in [2.24, 2.45) is 7.05 Å². The Kier molecular flexibility index (Phi) is 6.25. The van der Waals surface area contributed by atoms with Crippen LogP contribution in [0.2, 0.25) is 0 Å². The van der Waals surface area contributed by atoms with Gasteiger partial charge in [-0.1, -0.05) is 24.6 Å². The van der Waals surface area contributed by atoms with Gasteiger partial charge >= 0.3 is 6.03 Å². The SMILES string of the molecule is CC[C@@H](NC(=O)N1CCC(Sc2ccc(C)cc2)CC1)c1ccnn1C. The van der Waals surface area contributed by atoms with E-state index in [2.05, 4.69) is 48.5 Å². The molecule has 5 nitrogen and oxygen atoms in total. The molecule has 1 fully saturated rings. The molecule has 0 bridgehead atoms. The van der Waals surface area contributed by atoms with Crippen molar-refractivity contribution in [3.8, 4) is 0 Å². The van der Waals surface area contributed by atoms with Crippen LogP contribution < -0.4 is 5.32 Å². The van der Waals surface area contributed by atoms with Crippen LogP contribution in [0.15, 0.2) is 41.4 Å². The molecule has 140 valence electrons. The molecule has 2 aromatic rings. The Bertz CT molecular complexity index is 720. The molecule has 3 rings (SSSR count). The lowest BCUT2D eigenvalue weighted by Gasteiger charge is -2.33. The molecule has 1 aromatic heterocycles. The Hall–Kier alpha value is -1.95. The van der Waals surface area contributed by atoms with Gasteiger partial charge in [0.1, 0.15) is 0 Å². The number of nitrogens with zero attached hydrogens (tertiary/aromatic N) is 3. The summed E-state index contributed by atoms with van der Waals surface area (Å²) in [6.07, 6.45) is 4.70. The quantitative estimate of drug-likeness (QED) is 0.858. The van der Waals surface area contributed by atoms with Gasteiger partial charge in [-0.05, 0) is 44.4 Å². The number of aryl methyl sites for hydroxylation is 2. The summed E-state index contributed by atoms with van der Waals surface area (Å²) in [4.78, 5) is 15.9. The van der Waals surface area contributed by atoms with Crippen LogP contribution in [0.1, 0.15) is 43.5 Å². The molecular weight excluding hydrogens is 344 g/mol. The van der Waals surface area contributed by atoms with Crippen LogP contribution >= 0.6 is 11.8 Å². The van der Waals surface area contributed by atoms with E-state index < -0.39 is 0 Å². The predicted molar refractivity (Wildman–Crippen MR) is 106 cm³/mol. The number of aromatic nitrogens is 2. The fourth-order valence-electron chi connectivity index (χ4n) is 3.34. The molecule has 0 unspecified atom stereocenters. The van der Waals surface area contributed by atoms with Crippen molar-refractivity contribution >= 4 is 17.8 Å². The van der Waals surface area contributed by atoms with Crippen molar-refractivity contribution in [3.63, 3.8) is 0 Å². The maximum atomic E-state index is 12.7. The zero-order chi connectivity index (χ0) is 18.5. The number of hydrogen-bond donors (Lipinski definition) is 1. The van der Waals surface area contributed by atoms with Gasteiger partial charge in [0.2, 0.25) is 0 Å². The molecule has 1 N–H and O–H groups in total. The summed E-state index contributed by atoms with van der Waals surface area (Å²) < 4.78 is 1.83. The molecule has 1 aliphatic heterocycles. The van der Waals surface area contributed by atoms with E-state index in [0.717, 1.165) is 38.0 Å².